The minimum atomic E-state index is 0.462. The van der Waals surface area contributed by atoms with E-state index in [0.717, 1.165) is 6.42 Å². The molecule has 1 rings (SSSR count). The van der Waals surface area contributed by atoms with Crippen molar-refractivity contribution in [2.45, 2.75) is 32.0 Å². The lowest BCUT2D eigenvalue weighted by Gasteiger charge is -2.11. The van der Waals surface area contributed by atoms with Gasteiger partial charge in [0.05, 0.1) is 0 Å². The predicted molar refractivity (Wildman–Crippen MR) is 57.9 cm³/mol. The molecular weight excluding hydrogens is 212 g/mol. The molecule has 0 aliphatic carbocycles. The normalized spacial score (nSPS) is 13.0. The Morgan fingerprint density at radius 3 is 2.58 bits per heavy atom. The van der Waals surface area contributed by atoms with Gasteiger partial charge in [-0.15, -0.1) is 0 Å². The van der Waals surface area contributed by atoms with Gasteiger partial charge in [-0.3, -0.25) is 0 Å². The van der Waals surface area contributed by atoms with E-state index in [9.17, 15) is 0 Å². The third-order valence-electron chi connectivity index (χ3n) is 2.30. The van der Waals surface area contributed by atoms with E-state index in [1.54, 1.807) is 0 Å². The van der Waals surface area contributed by atoms with Crippen molar-refractivity contribution >= 4 is 15.9 Å². The van der Waals surface area contributed by atoms with Gasteiger partial charge in [0.1, 0.15) is 0 Å². The topological polar surface area (TPSA) is 0 Å². The molecule has 1 unspecified atom stereocenters. The van der Waals surface area contributed by atoms with Gasteiger partial charge in [-0.25, -0.2) is 0 Å². The Balaban J connectivity index is 3.14. The molecule has 1 aromatic carbocycles. The summed E-state index contributed by atoms with van der Waals surface area (Å²) in [6, 6.07) is 6.53. The Morgan fingerprint density at radius 1 is 1.42 bits per heavy atom. The third-order valence-corrected chi connectivity index (χ3v) is 2.79. The highest BCUT2D eigenvalue weighted by Crippen LogP contribution is 2.26. The lowest BCUT2D eigenvalue weighted by Crippen LogP contribution is -1.94. The molecule has 0 amide bonds. The predicted octanol–water partition coefficient (Wildman–Crippen LogP) is 4.01. The van der Waals surface area contributed by atoms with E-state index < -0.39 is 0 Å². The van der Waals surface area contributed by atoms with E-state index in [2.05, 4.69) is 54.9 Å². The van der Waals surface area contributed by atoms with Crippen LogP contribution in [-0.2, 0) is 6.42 Å². The van der Waals surface area contributed by atoms with Crippen LogP contribution in [0.3, 0.4) is 0 Å². The van der Waals surface area contributed by atoms with Crippen LogP contribution in [0.5, 0.6) is 0 Å². The second-order valence-corrected chi connectivity index (χ2v) is 4.47. The summed E-state index contributed by atoms with van der Waals surface area (Å²) in [6.45, 7) is 6.57. The van der Waals surface area contributed by atoms with Crippen LogP contribution in [0.1, 0.15) is 35.4 Å². The van der Waals surface area contributed by atoms with E-state index in [-0.39, 0.29) is 0 Å². The summed E-state index contributed by atoms with van der Waals surface area (Å²) in [4.78, 5) is 0.462. The van der Waals surface area contributed by atoms with Crippen molar-refractivity contribution < 1.29 is 0 Å². The number of halogens is 1. The second kappa shape index (κ2) is 4.08. The summed E-state index contributed by atoms with van der Waals surface area (Å²) in [7, 11) is 0. The van der Waals surface area contributed by atoms with Crippen molar-refractivity contribution in [2.75, 3.05) is 0 Å². The number of benzene rings is 1. The molecule has 0 radical (unpaired) electrons. The fourth-order valence-electron chi connectivity index (χ4n) is 1.52. The molecule has 1 heteroatoms. The Bertz CT molecular complexity index is 264. The molecule has 0 nitrogen and oxygen atoms in total. The van der Waals surface area contributed by atoms with Crippen LogP contribution < -0.4 is 0 Å². The van der Waals surface area contributed by atoms with Crippen LogP contribution in [0.15, 0.2) is 18.2 Å². The fraction of sp³-hybridized carbons (Fsp3) is 0.455. The van der Waals surface area contributed by atoms with Crippen LogP contribution in [0, 0.1) is 6.92 Å². The second-order valence-electron chi connectivity index (χ2n) is 3.10. The Kier molecular flexibility index (Phi) is 3.33. The van der Waals surface area contributed by atoms with E-state index in [1.807, 2.05) is 0 Å². The molecule has 1 aromatic rings. The van der Waals surface area contributed by atoms with Gasteiger partial charge >= 0.3 is 0 Å². The first kappa shape index (κ1) is 9.79. The van der Waals surface area contributed by atoms with Crippen molar-refractivity contribution in [3.63, 3.8) is 0 Å². The molecular formula is C11H15Br. The van der Waals surface area contributed by atoms with Crippen LogP contribution in [0.2, 0.25) is 0 Å². The Labute approximate surface area is 83.1 Å². The molecule has 0 aromatic heterocycles. The first-order valence-corrected chi connectivity index (χ1v) is 5.30. The lowest BCUT2D eigenvalue weighted by molar-refractivity contribution is 1.04. The molecule has 0 saturated heterocycles. The van der Waals surface area contributed by atoms with Gasteiger partial charge < -0.3 is 0 Å². The summed E-state index contributed by atoms with van der Waals surface area (Å²) in [5, 5.41) is 0. The maximum Gasteiger partial charge on any atom is 0.0369 e. The number of aryl methyl sites for hydroxylation is 1. The van der Waals surface area contributed by atoms with E-state index in [0.29, 0.717) is 4.83 Å². The van der Waals surface area contributed by atoms with Crippen LogP contribution in [-0.4, -0.2) is 0 Å². The van der Waals surface area contributed by atoms with Gasteiger partial charge in [-0.1, -0.05) is 41.1 Å². The maximum absolute atomic E-state index is 3.60. The molecule has 12 heavy (non-hydrogen) atoms. The van der Waals surface area contributed by atoms with Gasteiger partial charge in [0.25, 0.3) is 0 Å². The highest BCUT2D eigenvalue weighted by atomic mass is 79.9. The van der Waals surface area contributed by atoms with Crippen LogP contribution >= 0.6 is 15.9 Å². The van der Waals surface area contributed by atoms with Gasteiger partial charge in [0, 0.05) is 4.83 Å². The van der Waals surface area contributed by atoms with Crippen LogP contribution in [0.25, 0.3) is 0 Å². The van der Waals surface area contributed by atoms with Crippen molar-refractivity contribution in [3.05, 3.63) is 34.9 Å². The summed E-state index contributed by atoms with van der Waals surface area (Å²) in [5.74, 6) is 0. The maximum atomic E-state index is 3.60. The minimum Gasteiger partial charge on any atom is -0.0842 e. The highest BCUT2D eigenvalue weighted by molar-refractivity contribution is 9.09. The van der Waals surface area contributed by atoms with Gasteiger partial charge in [0.2, 0.25) is 0 Å². The first-order chi connectivity index (χ1) is 5.66. The van der Waals surface area contributed by atoms with Crippen molar-refractivity contribution in [2.24, 2.45) is 0 Å². The molecule has 0 aliphatic rings. The van der Waals surface area contributed by atoms with Crippen molar-refractivity contribution in [3.8, 4) is 0 Å². The molecule has 0 fully saturated rings. The number of rotatable bonds is 2. The molecule has 0 saturated carbocycles. The molecule has 1 atom stereocenters. The average molecular weight is 227 g/mol. The minimum absolute atomic E-state index is 0.462. The summed E-state index contributed by atoms with van der Waals surface area (Å²) >= 11 is 3.60. The molecule has 66 valence electrons. The van der Waals surface area contributed by atoms with E-state index in [1.165, 1.54) is 16.7 Å². The zero-order valence-corrected chi connectivity index (χ0v) is 9.48. The number of alkyl halides is 1. The molecule has 0 bridgehead atoms. The molecule has 0 N–H and O–H groups in total. The summed E-state index contributed by atoms with van der Waals surface area (Å²) in [5.41, 5.74) is 4.30. The standard InChI is InChI=1S/C11H15Br/c1-4-10-6-5-7-11(8(10)2)9(3)12/h5-7,9H,4H2,1-3H3. The highest BCUT2D eigenvalue weighted by Gasteiger charge is 2.06. The number of hydrogen-bond donors (Lipinski definition) is 0. The van der Waals surface area contributed by atoms with Gasteiger partial charge in [0.15, 0.2) is 0 Å². The van der Waals surface area contributed by atoms with Crippen molar-refractivity contribution in [1.29, 1.82) is 0 Å². The van der Waals surface area contributed by atoms with Gasteiger partial charge in [-0.05, 0) is 37.0 Å². The molecule has 0 spiro atoms. The third kappa shape index (κ3) is 1.89. The molecule has 0 aliphatic heterocycles. The van der Waals surface area contributed by atoms with Crippen LogP contribution in [0.4, 0.5) is 0 Å². The zero-order valence-electron chi connectivity index (χ0n) is 7.89. The average Bonchev–Trinajstić information content (AvgIpc) is 2.04. The first-order valence-electron chi connectivity index (χ1n) is 4.39. The van der Waals surface area contributed by atoms with Crippen molar-refractivity contribution in [1.82, 2.24) is 0 Å². The van der Waals surface area contributed by atoms with Gasteiger partial charge in [-0.2, -0.15) is 0 Å². The van der Waals surface area contributed by atoms with E-state index >= 15 is 0 Å². The fourth-order valence-corrected chi connectivity index (χ4v) is 2.01. The molecule has 0 heterocycles. The summed E-state index contributed by atoms with van der Waals surface area (Å²) in [6.07, 6.45) is 1.12. The number of hydrogen-bond acceptors (Lipinski definition) is 0. The Morgan fingerprint density at radius 2 is 2.08 bits per heavy atom. The monoisotopic (exact) mass is 226 g/mol. The largest absolute Gasteiger partial charge is 0.0842 e. The quantitative estimate of drug-likeness (QED) is 0.669. The lowest BCUT2D eigenvalue weighted by atomic mass is 9.99. The Hall–Kier alpha value is -0.300. The zero-order chi connectivity index (χ0) is 9.14. The smallest absolute Gasteiger partial charge is 0.0369 e. The summed E-state index contributed by atoms with van der Waals surface area (Å²) < 4.78 is 0. The van der Waals surface area contributed by atoms with E-state index in [4.69, 9.17) is 0 Å². The SMILES string of the molecule is CCc1cccc(C(C)Br)c1C.